The summed E-state index contributed by atoms with van der Waals surface area (Å²) < 4.78 is 0. The van der Waals surface area contributed by atoms with Crippen LogP contribution in [0.3, 0.4) is 0 Å². The summed E-state index contributed by atoms with van der Waals surface area (Å²) in [5.74, 6) is 0. The summed E-state index contributed by atoms with van der Waals surface area (Å²) >= 11 is 0. The molecule has 0 aliphatic heterocycles. The number of anilines is 2. The molecule has 0 spiro atoms. The zero-order valence-corrected chi connectivity index (χ0v) is 8.17. The van der Waals surface area contributed by atoms with E-state index in [1.807, 2.05) is 31.2 Å². The van der Waals surface area contributed by atoms with Gasteiger partial charge in [-0.1, -0.05) is 6.08 Å². The summed E-state index contributed by atoms with van der Waals surface area (Å²) in [7, 11) is 0. The molecule has 1 aromatic rings. The minimum atomic E-state index is 0.281. The lowest BCUT2D eigenvalue weighted by molar-refractivity contribution is 1.00. The van der Waals surface area contributed by atoms with Crippen molar-refractivity contribution in [3.8, 4) is 0 Å². The van der Waals surface area contributed by atoms with E-state index in [4.69, 9.17) is 5.73 Å². The molecule has 1 aromatic carbocycles. The molecule has 13 heavy (non-hydrogen) atoms. The van der Waals surface area contributed by atoms with Crippen LogP contribution in [0.25, 0.3) is 0 Å². The number of hydrogen-bond donors (Lipinski definition) is 2. The molecule has 0 bridgehead atoms. The van der Waals surface area contributed by atoms with Crippen molar-refractivity contribution in [1.82, 2.24) is 0 Å². The Labute approximate surface area is 79.5 Å². The van der Waals surface area contributed by atoms with Crippen LogP contribution in [0.1, 0.15) is 12.5 Å². The van der Waals surface area contributed by atoms with Gasteiger partial charge in [0.25, 0.3) is 0 Å². The minimum Gasteiger partial charge on any atom is -0.399 e. The molecule has 2 heteroatoms. The molecule has 0 saturated heterocycles. The fourth-order valence-corrected chi connectivity index (χ4v) is 1.09. The number of nitrogens with one attached hydrogen (secondary N) is 1. The first kappa shape index (κ1) is 9.65. The second-order valence-corrected chi connectivity index (χ2v) is 3.24. The van der Waals surface area contributed by atoms with Crippen LogP contribution < -0.4 is 11.1 Å². The Morgan fingerprint density at radius 2 is 2.23 bits per heavy atom. The highest BCUT2D eigenvalue weighted by Crippen LogP contribution is 2.17. The van der Waals surface area contributed by atoms with Gasteiger partial charge in [-0.3, -0.25) is 0 Å². The zero-order valence-electron chi connectivity index (χ0n) is 8.17. The van der Waals surface area contributed by atoms with Crippen LogP contribution in [-0.4, -0.2) is 6.04 Å². The number of hydrogen-bond acceptors (Lipinski definition) is 2. The van der Waals surface area contributed by atoms with Crippen molar-refractivity contribution < 1.29 is 0 Å². The Hall–Kier alpha value is -1.44. The Bertz CT molecular complexity index is 305. The number of aryl methyl sites for hydroxylation is 1. The normalized spacial score (nSPS) is 12.2. The van der Waals surface area contributed by atoms with Gasteiger partial charge in [-0.05, 0) is 37.6 Å². The third-order valence-electron chi connectivity index (χ3n) is 2.02. The van der Waals surface area contributed by atoms with Gasteiger partial charge in [0, 0.05) is 17.4 Å². The largest absolute Gasteiger partial charge is 0.399 e. The second kappa shape index (κ2) is 3.99. The smallest absolute Gasteiger partial charge is 0.0413 e. The molecular weight excluding hydrogens is 160 g/mol. The number of nitrogens with two attached hydrogens (primary N) is 1. The topological polar surface area (TPSA) is 38.0 Å². The van der Waals surface area contributed by atoms with Gasteiger partial charge >= 0.3 is 0 Å². The first-order valence-corrected chi connectivity index (χ1v) is 4.38. The standard InChI is InChI=1S/C11H16N2/c1-4-9(3)13-10-5-6-11(12)8(2)7-10/h4-7,9,13H,1,12H2,2-3H3. The molecule has 0 radical (unpaired) electrons. The maximum absolute atomic E-state index is 5.70. The predicted molar refractivity (Wildman–Crippen MR) is 58.9 cm³/mol. The van der Waals surface area contributed by atoms with E-state index in [0.29, 0.717) is 0 Å². The second-order valence-electron chi connectivity index (χ2n) is 3.24. The van der Waals surface area contributed by atoms with Crippen LogP contribution in [0.15, 0.2) is 30.9 Å². The summed E-state index contributed by atoms with van der Waals surface area (Å²) in [6.45, 7) is 7.76. The minimum absolute atomic E-state index is 0.281. The number of nitrogen functional groups attached to an aromatic ring is 1. The van der Waals surface area contributed by atoms with Gasteiger partial charge in [0.2, 0.25) is 0 Å². The van der Waals surface area contributed by atoms with Crippen LogP contribution in [0.2, 0.25) is 0 Å². The van der Waals surface area contributed by atoms with Crippen LogP contribution in [-0.2, 0) is 0 Å². The van der Waals surface area contributed by atoms with E-state index in [1.165, 1.54) is 0 Å². The van der Waals surface area contributed by atoms with Gasteiger partial charge in [-0.15, -0.1) is 6.58 Å². The van der Waals surface area contributed by atoms with Crippen molar-refractivity contribution in [3.05, 3.63) is 36.4 Å². The van der Waals surface area contributed by atoms with Gasteiger partial charge in [0.15, 0.2) is 0 Å². The SMILES string of the molecule is C=CC(C)Nc1ccc(N)c(C)c1. The van der Waals surface area contributed by atoms with E-state index < -0.39 is 0 Å². The van der Waals surface area contributed by atoms with Crippen LogP contribution in [0, 0.1) is 6.92 Å². The first-order chi connectivity index (χ1) is 6.13. The molecule has 0 aliphatic carbocycles. The molecule has 70 valence electrons. The fourth-order valence-electron chi connectivity index (χ4n) is 1.09. The summed E-state index contributed by atoms with van der Waals surface area (Å²) in [5.41, 5.74) is 8.72. The van der Waals surface area contributed by atoms with E-state index >= 15 is 0 Å². The molecule has 2 nitrogen and oxygen atoms in total. The van der Waals surface area contributed by atoms with Crippen molar-refractivity contribution in [2.24, 2.45) is 0 Å². The molecule has 1 atom stereocenters. The van der Waals surface area contributed by atoms with Crippen LogP contribution >= 0.6 is 0 Å². The molecule has 1 rings (SSSR count). The maximum atomic E-state index is 5.70. The van der Waals surface area contributed by atoms with E-state index in [-0.39, 0.29) is 6.04 Å². The van der Waals surface area contributed by atoms with Gasteiger partial charge < -0.3 is 11.1 Å². The van der Waals surface area contributed by atoms with Crippen LogP contribution in [0.4, 0.5) is 11.4 Å². The van der Waals surface area contributed by atoms with Gasteiger partial charge in [0.1, 0.15) is 0 Å². The Morgan fingerprint density at radius 3 is 2.77 bits per heavy atom. The zero-order chi connectivity index (χ0) is 9.84. The average molecular weight is 176 g/mol. The lowest BCUT2D eigenvalue weighted by Crippen LogP contribution is -2.11. The van der Waals surface area contributed by atoms with Gasteiger partial charge in [-0.2, -0.15) is 0 Å². The van der Waals surface area contributed by atoms with Gasteiger partial charge in [0.05, 0.1) is 0 Å². The highest BCUT2D eigenvalue weighted by Gasteiger charge is 1.98. The highest BCUT2D eigenvalue weighted by molar-refractivity contribution is 5.57. The number of benzene rings is 1. The van der Waals surface area contributed by atoms with E-state index in [9.17, 15) is 0 Å². The first-order valence-electron chi connectivity index (χ1n) is 4.38. The van der Waals surface area contributed by atoms with Crippen molar-refractivity contribution in [1.29, 1.82) is 0 Å². The van der Waals surface area contributed by atoms with E-state index in [2.05, 4.69) is 18.8 Å². The molecule has 0 saturated carbocycles. The summed E-state index contributed by atoms with van der Waals surface area (Å²) in [5, 5.41) is 3.29. The Balaban J connectivity index is 2.79. The maximum Gasteiger partial charge on any atom is 0.0413 e. The quantitative estimate of drug-likeness (QED) is 0.548. The monoisotopic (exact) mass is 176 g/mol. The van der Waals surface area contributed by atoms with Crippen molar-refractivity contribution in [2.75, 3.05) is 11.1 Å². The third-order valence-corrected chi connectivity index (χ3v) is 2.02. The Kier molecular flexibility index (Phi) is 2.96. The fraction of sp³-hybridized carbons (Fsp3) is 0.273. The molecule has 3 N–H and O–H groups in total. The average Bonchev–Trinajstić information content (AvgIpc) is 2.11. The molecule has 0 heterocycles. The molecule has 0 amide bonds. The molecule has 0 aromatic heterocycles. The van der Waals surface area contributed by atoms with Crippen LogP contribution in [0.5, 0.6) is 0 Å². The molecule has 1 unspecified atom stereocenters. The number of rotatable bonds is 3. The Morgan fingerprint density at radius 1 is 1.54 bits per heavy atom. The molecule has 0 fully saturated rings. The lowest BCUT2D eigenvalue weighted by atomic mass is 10.1. The van der Waals surface area contributed by atoms with Gasteiger partial charge in [-0.25, -0.2) is 0 Å². The highest BCUT2D eigenvalue weighted by atomic mass is 14.9. The van der Waals surface area contributed by atoms with E-state index in [0.717, 1.165) is 16.9 Å². The van der Waals surface area contributed by atoms with Crippen molar-refractivity contribution in [2.45, 2.75) is 19.9 Å². The van der Waals surface area contributed by atoms with Crippen molar-refractivity contribution in [3.63, 3.8) is 0 Å². The summed E-state index contributed by atoms with van der Waals surface area (Å²) in [4.78, 5) is 0. The summed E-state index contributed by atoms with van der Waals surface area (Å²) in [6, 6.07) is 6.20. The molecule has 0 aliphatic rings. The predicted octanol–water partition coefficient (Wildman–Crippen LogP) is 2.56. The third kappa shape index (κ3) is 2.51. The van der Waals surface area contributed by atoms with Crippen molar-refractivity contribution >= 4 is 11.4 Å². The van der Waals surface area contributed by atoms with E-state index in [1.54, 1.807) is 0 Å². The molecular formula is C11H16N2. The summed E-state index contributed by atoms with van der Waals surface area (Å²) in [6.07, 6.45) is 1.87. The lowest BCUT2D eigenvalue weighted by Gasteiger charge is -2.11.